The van der Waals surface area contributed by atoms with Crippen LogP contribution in [0, 0.1) is 0 Å². The Hall–Kier alpha value is -0.800. The van der Waals surface area contributed by atoms with Gasteiger partial charge in [0.05, 0.1) is 0 Å². The third-order valence-corrected chi connectivity index (χ3v) is 2.69. The van der Waals surface area contributed by atoms with Crippen molar-refractivity contribution in [1.82, 2.24) is 4.98 Å². The van der Waals surface area contributed by atoms with Crippen LogP contribution in [0.3, 0.4) is 0 Å². The summed E-state index contributed by atoms with van der Waals surface area (Å²) in [5.41, 5.74) is 1.94. The maximum absolute atomic E-state index is 10.8. The van der Waals surface area contributed by atoms with Crippen molar-refractivity contribution in [2.45, 2.75) is 6.42 Å². The molecule has 0 fully saturated rings. The van der Waals surface area contributed by atoms with E-state index in [2.05, 4.69) is 20.9 Å². The molecule has 1 aromatic carbocycles. The number of aromatic nitrogens is 1. The molecule has 0 amide bonds. The molecule has 2 rings (SSSR count). The Kier molecular flexibility index (Phi) is 2.61. The molecule has 4 heteroatoms. The Morgan fingerprint density at radius 3 is 3.00 bits per heavy atom. The summed E-state index contributed by atoms with van der Waals surface area (Å²) in [5, 5.41) is 0.705. The van der Waals surface area contributed by atoms with E-state index < -0.39 is 0 Å². The Morgan fingerprint density at radius 1 is 1.50 bits per heavy atom. The Labute approximate surface area is 94.4 Å². The van der Waals surface area contributed by atoms with E-state index in [1.54, 1.807) is 0 Å². The summed E-state index contributed by atoms with van der Waals surface area (Å²) in [5.74, 6) is 0. The van der Waals surface area contributed by atoms with Crippen molar-refractivity contribution < 1.29 is 4.79 Å². The zero-order chi connectivity index (χ0) is 10.1. The van der Waals surface area contributed by atoms with Crippen molar-refractivity contribution >= 4 is 43.7 Å². The van der Waals surface area contributed by atoms with Crippen LogP contribution in [0.15, 0.2) is 28.9 Å². The van der Waals surface area contributed by atoms with Crippen molar-refractivity contribution in [1.29, 1.82) is 0 Å². The minimum atomic E-state index is -0.339. The van der Waals surface area contributed by atoms with Crippen molar-refractivity contribution in [2.75, 3.05) is 0 Å². The Bertz CT molecular complexity index is 492. The minimum Gasteiger partial charge on any atom is -0.361 e. The molecule has 0 aliphatic carbocycles. The van der Waals surface area contributed by atoms with Gasteiger partial charge < -0.3 is 4.98 Å². The van der Waals surface area contributed by atoms with Gasteiger partial charge in [0.25, 0.3) is 0 Å². The van der Waals surface area contributed by atoms with E-state index in [-0.39, 0.29) is 11.7 Å². The SMILES string of the molecule is O=C(Cl)Cc1c[nH]c2cc(Br)ccc12. The van der Waals surface area contributed by atoms with E-state index in [4.69, 9.17) is 11.6 Å². The highest BCUT2D eigenvalue weighted by molar-refractivity contribution is 9.10. The molecule has 2 nitrogen and oxygen atoms in total. The van der Waals surface area contributed by atoms with Crippen LogP contribution in [0.2, 0.25) is 0 Å². The second-order valence-electron chi connectivity index (χ2n) is 3.04. The predicted molar refractivity (Wildman–Crippen MR) is 60.6 cm³/mol. The van der Waals surface area contributed by atoms with Gasteiger partial charge in [0.2, 0.25) is 5.24 Å². The van der Waals surface area contributed by atoms with Gasteiger partial charge in [-0.05, 0) is 29.3 Å². The van der Waals surface area contributed by atoms with Crippen molar-refractivity contribution in [3.63, 3.8) is 0 Å². The molecule has 0 unspecified atom stereocenters. The average Bonchev–Trinajstić information content (AvgIpc) is 2.47. The molecule has 72 valence electrons. The first kappa shape index (κ1) is 9.74. The summed E-state index contributed by atoms with van der Waals surface area (Å²) in [6.07, 6.45) is 2.08. The van der Waals surface area contributed by atoms with Crippen LogP contribution in [0.5, 0.6) is 0 Å². The number of benzene rings is 1. The summed E-state index contributed by atoms with van der Waals surface area (Å²) in [4.78, 5) is 13.9. The van der Waals surface area contributed by atoms with Gasteiger partial charge in [-0.3, -0.25) is 4.79 Å². The number of hydrogen-bond donors (Lipinski definition) is 1. The largest absolute Gasteiger partial charge is 0.361 e. The molecule has 0 bridgehead atoms. The molecule has 0 spiro atoms. The quantitative estimate of drug-likeness (QED) is 0.837. The van der Waals surface area contributed by atoms with E-state index in [0.717, 1.165) is 20.9 Å². The lowest BCUT2D eigenvalue weighted by Crippen LogP contribution is -1.91. The molecule has 0 saturated carbocycles. The number of rotatable bonds is 2. The molecule has 14 heavy (non-hydrogen) atoms. The molecule has 0 aliphatic heterocycles. The number of H-pyrrole nitrogens is 1. The van der Waals surface area contributed by atoms with Crippen LogP contribution in [-0.2, 0) is 11.2 Å². The van der Waals surface area contributed by atoms with Crippen molar-refractivity contribution in [2.24, 2.45) is 0 Å². The van der Waals surface area contributed by atoms with E-state index >= 15 is 0 Å². The summed E-state index contributed by atoms with van der Waals surface area (Å²) < 4.78 is 1.01. The van der Waals surface area contributed by atoms with Crippen LogP contribution in [-0.4, -0.2) is 10.2 Å². The highest BCUT2D eigenvalue weighted by atomic mass is 79.9. The second-order valence-corrected chi connectivity index (χ2v) is 4.37. The molecular weight excluding hydrogens is 265 g/mol. The maximum Gasteiger partial charge on any atom is 0.226 e. The fraction of sp³-hybridized carbons (Fsp3) is 0.100. The minimum absolute atomic E-state index is 0.267. The summed E-state index contributed by atoms with van der Waals surface area (Å²) in [6, 6.07) is 5.88. The lowest BCUT2D eigenvalue weighted by Gasteiger charge is -1.94. The van der Waals surface area contributed by atoms with Crippen LogP contribution >= 0.6 is 27.5 Å². The van der Waals surface area contributed by atoms with E-state index in [1.165, 1.54) is 0 Å². The summed E-state index contributed by atoms with van der Waals surface area (Å²) >= 11 is 8.72. The van der Waals surface area contributed by atoms with Gasteiger partial charge in [0.15, 0.2) is 0 Å². The van der Waals surface area contributed by atoms with Gasteiger partial charge in [0.1, 0.15) is 0 Å². The number of carbonyl (C=O) groups excluding carboxylic acids is 1. The van der Waals surface area contributed by atoms with Crippen LogP contribution in [0.1, 0.15) is 5.56 Å². The number of fused-ring (bicyclic) bond motifs is 1. The van der Waals surface area contributed by atoms with Crippen LogP contribution in [0.25, 0.3) is 10.9 Å². The predicted octanol–water partition coefficient (Wildman–Crippen LogP) is 3.24. The zero-order valence-corrected chi connectivity index (χ0v) is 9.52. The topological polar surface area (TPSA) is 32.9 Å². The van der Waals surface area contributed by atoms with Gasteiger partial charge in [-0.25, -0.2) is 0 Å². The molecule has 0 saturated heterocycles. The molecule has 1 aromatic heterocycles. The molecule has 0 atom stereocenters. The Balaban J connectivity index is 2.52. The van der Waals surface area contributed by atoms with Crippen molar-refractivity contribution in [3.8, 4) is 0 Å². The number of carbonyl (C=O) groups is 1. The number of hydrogen-bond acceptors (Lipinski definition) is 1. The lowest BCUT2D eigenvalue weighted by molar-refractivity contribution is -0.111. The number of nitrogens with one attached hydrogen (secondary N) is 1. The lowest BCUT2D eigenvalue weighted by atomic mass is 10.1. The number of halogens is 2. The first-order valence-electron chi connectivity index (χ1n) is 4.10. The monoisotopic (exact) mass is 271 g/mol. The van der Waals surface area contributed by atoms with Gasteiger partial charge in [0, 0.05) is 28.0 Å². The van der Waals surface area contributed by atoms with E-state index in [9.17, 15) is 4.79 Å². The first-order chi connectivity index (χ1) is 6.66. The van der Waals surface area contributed by atoms with Gasteiger partial charge in [-0.2, -0.15) is 0 Å². The van der Waals surface area contributed by atoms with Gasteiger partial charge >= 0.3 is 0 Å². The highest BCUT2D eigenvalue weighted by Gasteiger charge is 2.06. The molecule has 0 aliphatic rings. The molecule has 1 heterocycles. The highest BCUT2D eigenvalue weighted by Crippen LogP contribution is 2.22. The van der Waals surface area contributed by atoms with E-state index in [1.807, 2.05) is 24.4 Å². The van der Waals surface area contributed by atoms with E-state index in [0.29, 0.717) is 0 Å². The normalized spacial score (nSPS) is 10.7. The average molecular weight is 273 g/mol. The smallest absolute Gasteiger partial charge is 0.226 e. The fourth-order valence-electron chi connectivity index (χ4n) is 1.45. The van der Waals surface area contributed by atoms with Crippen LogP contribution < -0.4 is 0 Å². The van der Waals surface area contributed by atoms with Gasteiger partial charge in [-0.15, -0.1) is 0 Å². The van der Waals surface area contributed by atoms with Crippen LogP contribution in [0.4, 0.5) is 0 Å². The Morgan fingerprint density at radius 2 is 2.29 bits per heavy atom. The second kappa shape index (κ2) is 3.75. The van der Waals surface area contributed by atoms with Crippen molar-refractivity contribution in [3.05, 3.63) is 34.4 Å². The third kappa shape index (κ3) is 1.83. The summed E-state index contributed by atoms with van der Waals surface area (Å²) in [7, 11) is 0. The molecule has 0 radical (unpaired) electrons. The fourth-order valence-corrected chi connectivity index (χ4v) is 1.96. The standard InChI is InChI=1S/C10H7BrClNO/c11-7-1-2-8-6(3-10(12)14)5-13-9(8)4-7/h1-2,4-5,13H,3H2. The molecule has 1 N–H and O–H groups in total. The molecular formula is C10H7BrClNO. The zero-order valence-electron chi connectivity index (χ0n) is 7.18. The third-order valence-electron chi connectivity index (χ3n) is 2.06. The maximum atomic E-state index is 10.8. The summed E-state index contributed by atoms with van der Waals surface area (Å²) in [6.45, 7) is 0. The molecule has 2 aromatic rings. The number of aromatic amines is 1. The first-order valence-corrected chi connectivity index (χ1v) is 5.28. The van der Waals surface area contributed by atoms with Gasteiger partial charge in [-0.1, -0.05) is 22.0 Å².